The summed E-state index contributed by atoms with van der Waals surface area (Å²) >= 11 is 0. The lowest BCUT2D eigenvalue weighted by atomic mass is 10.1. The van der Waals surface area contributed by atoms with Gasteiger partial charge in [-0.1, -0.05) is 13.8 Å². The predicted octanol–water partition coefficient (Wildman–Crippen LogP) is 2.26. The third kappa shape index (κ3) is 5.56. The van der Waals surface area contributed by atoms with Gasteiger partial charge in [-0.25, -0.2) is 0 Å². The van der Waals surface area contributed by atoms with Crippen LogP contribution in [0.5, 0.6) is 0 Å². The standard InChI is InChI=1S/C8H13/c1-4-5-6-7-8(2)3/h8H,1,6-7H2,2-3H3. The summed E-state index contributed by atoms with van der Waals surface area (Å²) in [4.78, 5) is 0. The first kappa shape index (κ1) is 7.56. The van der Waals surface area contributed by atoms with E-state index >= 15 is 0 Å². The molecule has 45 valence electrons. The molecule has 0 aromatic rings. The quantitative estimate of drug-likeness (QED) is 0.477. The topological polar surface area (TPSA) is 0 Å². The van der Waals surface area contributed by atoms with Crippen LogP contribution >= 0.6 is 0 Å². The van der Waals surface area contributed by atoms with E-state index in [0.717, 1.165) is 12.3 Å². The van der Waals surface area contributed by atoms with E-state index in [4.69, 9.17) is 0 Å². The predicted molar refractivity (Wildman–Crippen MR) is 37.2 cm³/mol. The molecule has 0 rings (SSSR count). The van der Waals surface area contributed by atoms with Crippen LogP contribution in [-0.2, 0) is 0 Å². The van der Waals surface area contributed by atoms with Crippen molar-refractivity contribution in [3.8, 4) is 11.8 Å². The van der Waals surface area contributed by atoms with E-state index in [1.807, 2.05) is 0 Å². The SMILES string of the molecule is [CH2]C#CCCC(C)C. The summed E-state index contributed by atoms with van der Waals surface area (Å²) in [7, 11) is 0. The Kier molecular flexibility index (Phi) is 4.45. The van der Waals surface area contributed by atoms with Crippen molar-refractivity contribution >= 4 is 0 Å². The molecule has 0 aliphatic rings. The fourth-order valence-electron chi connectivity index (χ4n) is 0.449. The molecule has 0 saturated heterocycles. The normalized spacial score (nSPS) is 8.50. The van der Waals surface area contributed by atoms with Crippen molar-refractivity contribution in [1.29, 1.82) is 0 Å². The molecule has 0 fully saturated rings. The van der Waals surface area contributed by atoms with Gasteiger partial charge in [0.05, 0.1) is 0 Å². The smallest absolute Gasteiger partial charge is 0.0198 e. The van der Waals surface area contributed by atoms with Gasteiger partial charge in [-0.15, -0.1) is 11.8 Å². The molecule has 0 aromatic heterocycles. The zero-order valence-electron chi connectivity index (χ0n) is 5.70. The Morgan fingerprint density at radius 2 is 2.12 bits per heavy atom. The van der Waals surface area contributed by atoms with Gasteiger partial charge in [0.25, 0.3) is 0 Å². The van der Waals surface area contributed by atoms with E-state index in [0.29, 0.717) is 0 Å². The van der Waals surface area contributed by atoms with E-state index in [1.54, 1.807) is 0 Å². The van der Waals surface area contributed by atoms with Gasteiger partial charge in [0, 0.05) is 13.3 Å². The van der Waals surface area contributed by atoms with Crippen molar-refractivity contribution in [3.05, 3.63) is 6.92 Å². The van der Waals surface area contributed by atoms with Gasteiger partial charge in [-0.3, -0.25) is 0 Å². The first-order valence-electron chi connectivity index (χ1n) is 3.02. The van der Waals surface area contributed by atoms with E-state index < -0.39 is 0 Å². The molecule has 0 aliphatic carbocycles. The van der Waals surface area contributed by atoms with Crippen molar-refractivity contribution < 1.29 is 0 Å². The van der Waals surface area contributed by atoms with Gasteiger partial charge in [0.1, 0.15) is 0 Å². The Bertz CT molecular complexity index is 90.3. The Balaban J connectivity index is 3.01. The average Bonchev–Trinajstić information content (AvgIpc) is 1.66. The first-order valence-corrected chi connectivity index (χ1v) is 3.02. The minimum Gasteiger partial charge on any atom is -0.103 e. The molecule has 0 aromatic carbocycles. The van der Waals surface area contributed by atoms with E-state index in [9.17, 15) is 0 Å². The zero-order valence-corrected chi connectivity index (χ0v) is 5.70. The molecule has 0 bridgehead atoms. The minimum atomic E-state index is 0.774. The highest BCUT2D eigenvalue weighted by atomic mass is 13.9. The summed E-state index contributed by atoms with van der Waals surface area (Å²) in [5, 5.41) is 0. The van der Waals surface area contributed by atoms with Crippen LogP contribution in [0.3, 0.4) is 0 Å². The molecule has 0 heterocycles. The summed E-state index contributed by atoms with van der Waals surface area (Å²) in [5.74, 6) is 6.32. The van der Waals surface area contributed by atoms with Gasteiger partial charge >= 0.3 is 0 Å². The van der Waals surface area contributed by atoms with Crippen LogP contribution in [0.1, 0.15) is 26.7 Å². The summed E-state index contributed by atoms with van der Waals surface area (Å²) in [6, 6.07) is 0. The van der Waals surface area contributed by atoms with Crippen molar-refractivity contribution in [1.82, 2.24) is 0 Å². The lowest BCUT2D eigenvalue weighted by Crippen LogP contribution is -1.83. The van der Waals surface area contributed by atoms with E-state index in [1.165, 1.54) is 6.42 Å². The van der Waals surface area contributed by atoms with Gasteiger partial charge in [-0.05, 0) is 12.3 Å². The lowest BCUT2D eigenvalue weighted by Gasteiger charge is -1.96. The molecule has 0 nitrogen and oxygen atoms in total. The van der Waals surface area contributed by atoms with Crippen LogP contribution in [0.15, 0.2) is 0 Å². The summed E-state index contributed by atoms with van der Waals surface area (Å²) in [6.45, 7) is 7.82. The van der Waals surface area contributed by atoms with Gasteiger partial charge < -0.3 is 0 Å². The molecular formula is C8H13. The zero-order chi connectivity index (χ0) is 6.41. The van der Waals surface area contributed by atoms with Crippen LogP contribution in [0.2, 0.25) is 0 Å². The van der Waals surface area contributed by atoms with E-state index in [-0.39, 0.29) is 0 Å². The summed E-state index contributed by atoms with van der Waals surface area (Å²) < 4.78 is 0. The van der Waals surface area contributed by atoms with Crippen LogP contribution < -0.4 is 0 Å². The Morgan fingerprint density at radius 3 is 2.50 bits per heavy atom. The summed E-state index contributed by atoms with van der Waals surface area (Å²) in [6.07, 6.45) is 2.20. The molecule has 0 N–H and O–H groups in total. The van der Waals surface area contributed by atoms with E-state index in [2.05, 4.69) is 32.6 Å². The maximum Gasteiger partial charge on any atom is 0.0198 e. The second-order valence-corrected chi connectivity index (χ2v) is 2.29. The second kappa shape index (κ2) is 4.71. The maximum absolute atomic E-state index is 3.42. The van der Waals surface area contributed by atoms with Crippen molar-refractivity contribution in [3.63, 3.8) is 0 Å². The number of hydrogen-bond donors (Lipinski definition) is 0. The van der Waals surface area contributed by atoms with Gasteiger partial charge in [-0.2, -0.15) is 0 Å². The molecule has 0 spiro atoms. The second-order valence-electron chi connectivity index (χ2n) is 2.29. The van der Waals surface area contributed by atoms with Crippen LogP contribution in [0, 0.1) is 24.7 Å². The molecule has 8 heavy (non-hydrogen) atoms. The molecule has 0 atom stereocenters. The average molecular weight is 109 g/mol. The molecule has 0 saturated carbocycles. The van der Waals surface area contributed by atoms with Crippen molar-refractivity contribution in [2.75, 3.05) is 0 Å². The Morgan fingerprint density at radius 1 is 1.50 bits per heavy atom. The number of hydrogen-bond acceptors (Lipinski definition) is 0. The highest BCUT2D eigenvalue weighted by Gasteiger charge is 1.87. The molecule has 0 amide bonds. The molecule has 0 unspecified atom stereocenters. The lowest BCUT2D eigenvalue weighted by molar-refractivity contribution is 0.600. The fraction of sp³-hybridized carbons (Fsp3) is 0.625. The van der Waals surface area contributed by atoms with Crippen LogP contribution in [-0.4, -0.2) is 0 Å². The molecule has 0 heteroatoms. The maximum atomic E-state index is 3.42. The molecular weight excluding hydrogens is 96.1 g/mol. The third-order valence-corrected chi connectivity index (χ3v) is 0.972. The molecule has 1 radical (unpaired) electrons. The third-order valence-electron chi connectivity index (χ3n) is 0.972. The van der Waals surface area contributed by atoms with Crippen molar-refractivity contribution in [2.24, 2.45) is 5.92 Å². The monoisotopic (exact) mass is 109 g/mol. The minimum absolute atomic E-state index is 0.774. The van der Waals surface area contributed by atoms with Gasteiger partial charge in [0.2, 0.25) is 0 Å². The largest absolute Gasteiger partial charge is 0.103 e. The van der Waals surface area contributed by atoms with Gasteiger partial charge in [0.15, 0.2) is 0 Å². The Hall–Kier alpha value is -0.440. The number of rotatable bonds is 2. The van der Waals surface area contributed by atoms with Crippen LogP contribution in [0.25, 0.3) is 0 Å². The highest BCUT2D eigenvalue weighted by Crippen LogP contribution is 2.00. The fourth-order valence-corrected chi connectivity index (χ4v) is 0.449. The molecule has 0 aliphatic heterocycles. The Labute approximate surface area is 52.3 Å². The van der Waals surface area contributed by atoms with Crippen LogP contribution in [0.4, 0.5) is 0 Å². The first-order chi connectivity index (χ1) is 3.77. The van der Waals surface area contributed by atoms with Crippen molar-refractivity contribution in [2.45, 2.75) is 26.7 Å². The summed E-state index contributed by atoms with van der Waals surface area (Å²) in [5.41, 5.74) is 0. The highest BCUT2D eigenvalue weighted by molar-refractivity contribution is 5.00.